The van der Waals surface area contributed by atoms with Crippen LogP contribution in [-0.2, 0) is 0 Å². The summed E-state index contributed by atoms with van der Waals surface area (Å²) in [7, 11) is 0. The van der Waals surface area contributed by atoms with Gasteiger partial charge in [-0.25, -0.2) is 9.97 Å². The fourth-order valence-electron chi connectivity index (χ4n) is 1.09. The molecule has 0 aliphatic carbocycles. The van der Waals surface area contributed by atoms with Crippen molar-refractivity contribution in [3.63, 3.8) is 0 Å². The summed E-state index contributed by atoms with van der Waals surface area (Å²) >= 11 is 0. The Labute approximate surface area is 84.4 Å². The van der Waals surface area contributed by atoms with Crippen molar-refractivity contribution in [2.24, 2.45) is 0 Å². The minimum absolute atomic E-state index is 0.326. The lowest BCUT2D eigenvalue weighted by molar-refractivity contribution is 1.14. The van der Waals surface area contributed by atoms with Gasteiger partial charge in [-0.2, -0.15) is 0 Å². The van der Waals surface area contributed by atoms with Crippen LogP contribution in [0.5, 0.6) is 0 Å². The number of aromatic nitrogens is 2. The van der Waals surface area contributed by atoms with Gasteiger partial charge in [0.1, 0.15) is 0 Å². The normalized spacial score (nSPS) is 11.6. The molecule has 0 N–H and O–H groups in total. The van der Waals surface area contributed by atoms with Crippen molar-refractivity contribution < 1.29 is 1.37 Å². The molecule has 2 heteroatoms. The Hall–Kier alpha value is -1.96. The molecule has 2 aromatic rings. The highest BCUT2D eigenvalue weighted by Crippen LogP contribution is 2.03. The molecule has 0 saturated carbocycles. The van der Waals surface area contributed by atoms with E-state index in [1.807, 2.05) is 42.5 Å². The van der Waals surface area contributed by atoms with Crippen LogP contribution in [0.1, 0.15) is 12.8 Å². The van der Waals surface area contributed by atoms with Crippen LogP contribution in [0.3, 0.4) is 0 Å². The van der Waals surface area contributed by atoms with Crippen molar-refractivity contribution in [2.45, 2.75) is 0 Å². The molecule has 0 atom stereocenters. The average Bonchev–Trinajstić information content (AvgIpc) is 2.30. The summed E-state index contributed by atoms with van der Waals surface area (Å²) in [5.41, 5.74) is 1.11. The Kier molecular flexibility index (Phi) is 2.30. The molecule has 0 amide bonds. The van der Waals surface area contributed by atoms with E-state index in [1.165, 1.54) is 12.4 Å². The molecule has 0 bridgehead atoms. The molecule has 68 valence electrons. The van der Waals surface area contributed by atoms with Crippen molar-refractivity contribution in [3.8, 4) is 0 Å². The Morgan fingerprint density at radius 2 is 1.71 bits per heavy atom. The topological polar surface area (TPSA) is 25.8 Å². The largest absolute Gasteiger partial charge is 0.237 e. The van der Waals surface area contributed by atoms with E-state index in [4.69, 9.17) is 1.37 Å². The molecule has 2 rings (SSSR count). The van der Waals surface area contributed by atoms with Gasteiger partial charge in [0.25, 0.3) is 0 Å². The Morgan fingerprint density at radius 3 is 2.43 bits per heavy atom. The molecule has 0 unspecified atom stereocenters. The van der Waals surface area contributed by atoms with Crippen molar-refractivity contribution in [2.75, 3.05) is 0 Å². The van der Waals surface area contributed by atoms with Gasteiger partial charge in [0.2, 0.25) is 0 Å². The lowest BCUT2D eigenvalue weighted by Gasteiger charge is -1.91. The van der Waals surface area contributed by atoms with Crippen molar-refractivity contribution in [1.29, 1.82) is 0 Å². The van der Waals surface area contributed by atoms with Crippen LogP contribution in [0.15, 0.2) is 48.8 Å². The Morgan fingerprint density at radius 1 is 1.00 bits per heavy atom. The molecule has 2 nitrogen and oxygen atoms in total. The molecule has 0 saturated heterocycles. The second-order valence-electron chi connectivity index (χ2n) is 2.79. The highest BCUT2D eigenvalue weighted by Gasteiger charge is 1.86. The maximum absolute atomic E-state index is 7.24. The van der Waals surface area contributed by atoms with Gasteiger partial charge in [-0.3, -0.25) is 0 Å². The van der Waals surface area contributed by atoms with Crippen LogP contribution in [0.2, 0.25) is 0 Å². The SMILES string of the molecule is [2H]c1cnc(C=Cc2ccccc2)nc1. The van der Waals surface area contributed by atoms with Crippen LogP contribution >= 0.6 is 0 Å². The van der Waals surface area contributed by atoms with E-state index in [0.717, 1.165) is 5.56 Å². The molecule has 0 fully saturated rings. The fourth-order valence-corrected chi connectivity index (χ4v) is 1.09. The third-order valence-electron chi connectivity index (χ3n) is 1.77. The highest BCUT2D eigenvalue weighted by atomic mass is 14.8. The fraction of sp³-hybridized carbons (Fsp3) is 0. The van der Waals surface area contributed by atoms with Gasteiger partial charge in [-0.15, -0.1) is 0 Å². The van der Waals surface area contributed by atoms with Crippen LogP contribution in [0, 0.1) is 0 Å². The lowest BCUT2D eigenvalue weighted by Crippen LogP contribution is -1.82. The molecule has 0 aliphatic rings. The van der Waals surface area contributed by atoms with Gasteiger partial charge in [0, 0.05) is 12.4 Å². The Bertz CT molecular complexity index is 449. The molecular weight excluding hydrogens is 172 g/mol. The minimum Gasteiger partial charge on any atom is -0.237 e. The number of benzene rings is 1. The zero-order chi connectivity index (χ0) is 10.5. The summed E-state index contributed by atoms with van der Waals surface area (Å²) in [6.07, 6.45) is 6.74. The summed E-state index contributed by atoms with van der Waals surface area (Å²) in [5.74, 6) is 0.620. The molecule has 1 aromatic heterocycles. The van der Waals surface area contributed by atoms with Gasteiger partial charge >= 0.3 is 0 Å². The molecular formula is C12H10N2. The monoisotopic (exact) mass is 183 g/mol. The lowest BCUT2D eigenvalue weighted by atomic mass is 10.2. The standard InChI is InChI=1S/C12H10N2/c1-2-5-11(6-3-1)7-8-12-13-9-4-10-14-12/h1-10H/i4D. The van der Waals surface area contributed by atoms with E-state index in [9.17, 15) is 0 Å². The maximum atomic E-state index is 7.24. The quantitative estimate of drug-likeness (QED) is 0.715. The first kappa shape index (κ1) is 7.44. The first-order valence-corrected chi connectivity index (χ1v) is 4.36. The summed E-state index contributed by atoms with van der Waals surface area (Å²) in [4.78, 5) is 8.02. The summed E-state index contributed by atoms with van der Waals surface area (Å²) in [6.45, 7) is 0. The van der Waals surface area contributed by atoms with Gasteiger partial charge in [-0.05, 0) is 17.7 Å². The first-order chi connectivity index (χ1) is 7.34. The van der Waals surface area contributed by atoms with Gasteiger partial charge in [-0.1, -0.05) is 36.4 Å². The minimum atomic E-state index is 0.326. The zero-order valence-electron chi connectivity index (χ0n) is 8.59. The van der Waals surface area contributed by atoms with Gasteiger partial charge < -0.3 is 0 Å². The van der Waals surface area contributed by atoms with Crippen LogP contribution < -0.4 is 0 Å². The smallest absolute Gasteiger partial charge is 0.151 e. The second kappa shape index (κ2) is 4.33. The number of nitrogens with zero attached hydrogens (tertiary/aromatic N) is 2. The molecule has 1 heterocycles. The first-order valence-electron chi connectivity index (χ1n) is 4.86. The number of hydrogen-bond donors (Lipinski definition) is 0. The second-order valence-corrected chi connectivity index (χ2v) is 2.79. The molecule has 1 aromatic carbocycles. The molecule has 0 radical (unpaired) electrons. The number of rotatable bonds is 2. The van der Waals surface area contributed by atoms with Crippen LogP contribution in [0.4, 0.5) is 0 Å². The van der Waals surface area contributed by atoms with Gasteiger partial charge in [0.15, 0.2) is 5.82 Å². The maximum Gasteiger partial charge on any atom is 0.151 e. The highest BCUT2D eigenvalue weighted by molar-refractivity contribution is 5.66. The summed E-state index contributed by atoms with van der Waals surface area (Å²) in [6, 6.07) is 10.3. The van der Waals surface area contributed by atoms with Gasteiger partial charge in [0.05, 0.1) is 1.37 Å². The predicted octanol–water partition coefficient (Wildman–Crippen LogP) is 2.65. The van der Waals surface area contributed by atoms with Crippen LogP contribution in [-0.4, -0.2) is 9.97 Å². The van der Waals surface area contributed by atoms with E-state index >= 15 is 0 Å². The average molecular weight is 183 g/mol. The van der Waals surface area contributed by atoms with E-state index in [-0.39, 0.29) is 0 Å². The van der Waals surface area contributed by atoms with Crippen LogP contribution in [0.25, 0.3) is 12.2 Å². The molecule has 0 spiro atoms. The van der Waals surface area contributed by atoms with E-state index < -0.39 is 0 Å². The van der Waals surface area contributed by atoms with Crippen molar-refractivity contribution in [1.82, 2.24) is 9.97 Å². The molecule has 0 aliphatic heterocycles. The third kappa shape index (κ3) is 2.26. The third-order valence-corrected chi connectivity index (χ3v) is 1.77. The zero-order valence-corrected chi connectivity index (χ0v) is 7.59. The predicted molar refractivity (Wildman–Crippen MR) is 57.4 cm³/mol. The van der Waals surface area contributed by atoms with E-state index in [0.29, 0.717) is 11.9 Å². The van der Waals surface area contributed by atoms with E-state index in [1.54, 1.807) is 0 Å². The summed E-state index contributed by atoms with van der Waals surface area (Å²) in [5, 5.41) is 0. The Balaban J connectivity index is 2.15. The van der Waals surface area contributed by atoms with Crippen molar-refractivity contribution in [3.05, 3.63) is 60.2 Å². The van der Waals surface area contributed by atoms with Crippen molar-refractivity contribution >= 4 is 12.2 Å². The number of hydrogen-bond acceptors (Lipinski definition) is 2. The molecule has 14 heavy (non-hydrogen) atoms. The summed E-state index contributed by atoms with van der Waals surface area (Å²) < 4.78 is 7.24. The van der Waals surface area contributed by atoms with E-state index in [2.05, 4.69) is 9.97 Å².